The van der Waals surface area contributed by atoms with E-state index in [1.54, 1.807) is 0 Å². The Bertz CT molecular complexity index is 725. The lowest BCUT2D eigenvalue weighted by molar-refractivity contribution is 0.132. The van der Waals surface area contributed by atoms with Gasteiger partial charge in [0.1, 0.15) is 5.66 Å². The number of hydrogen-bond donors (Lipinski definition) is 0. The lowest BCUT2D eigenvalue weighted by Gasteiger charge is -2.38. The van der Waals surface area contributed by atoms with Crippen LogP contribution in [0.5, 0.6) is 0 Å². The van der Waals surface area contributed by atoms with Crippen molar-refractivity contribution >= 4 is 0 Å². The van der Waals surface area contributed by atoms with Crippen LogP contribution in [0, 0.1) is 0 Å². The SMILES string of the molecule is c1ccc(-c2nnnn2C2(n3ccnc3)CCCCC2)cc1. The Hall–Kier alpha value is -2.50. The Morgan fingerprint density at radius 1 is 1.00 bits per heavy atom. The molecule has 6 nitrogen and oxygen atoms in total. The topological polar surface area (TPSA) is 61.4 Å². The molecule has 3 aromatic rings. The van der Waals surface area contributed by atoms with Crippen LogP contribution in [-0.4, -0.2) is 29.8 Å². The van der Waals surface area contributed by atoms with E-state index in [9.17, 15) is 0 Å². The van der Waals surface area contributed by atoms with Gasteiger partial charge in [-0.05, 0) is 36.1 Å². The Morgan fingerprint density at radius 3 is 2.55 bits per heavy atom. The first-order valence-electron chi connectivity index (χ1n) is 7.73. The first-order valence-corrected chi connectivity index (χ1v) is 7.73. The number of benzene rings is 1. The minimum Gasteiger partial charge on any atom is -0.312 e. The van der Waals surface area contributed by atoms with Gasteiger partial charge in [-0.3, -0.25) is 0 Å². The van der Waals surface area contributed by atoms with Crippen LogP contribution in [0.15, 0.2) is 49.1 Å². The van der Waals surface area contributed by atoms with E-state index in [1.165, 1.54) is 19.3 Å². The Kier molecular flexibility index (Phi) is 3.21. The van der Waals surface area contributed by atoms with Crippen molar-refractivity contribution in [2.45, 2.75) is 37.8 Å². The van der Waals surface area contributed by atoms with Gasteiger partial charge in [0.05, 0.1) is 6.33 Å². The third kappa shape index (κ3) is 2.03. The van der Waals surface area contributed by atoms with Crippen molar-refractivity contribution in [1.82, 2.24) is 29.8 Å². The molecule has 112 valence electrons. The molecule has 2 heterocycles. The molecule has 0 aliphatic heterocycles. The molecule has 1 aliphatic carbocycles. The largest absolute Gasteiger partial charge is 0.312 e. The summed E-state index contributed by atoms with van der Waals surface area (Å²) in [6, 6.07) is 10.1. The molecule has 2 aromatic heterocycles. The normalized spacial score (nSPS) is 17.5. The molecule has 1 aliphatic rings. The third-order valence-electron chi connectivity index (χ3n) is 4.54. The fourth-order valence-corrected chi connectivity index (χ4v) is 3.44. The predicted octanol–water partition coefficient (Wildman–Crippen LogP) is 2.70. The number of tetrazole rings is 1. The summed E-state index contributed by atoms with van der Waals surface area (Å²) in [6.07, 6.45) is 11.4. The van der Waals surface area contributed by atoms with Crippen LogP contribution in [0.3, 0.4) is 0 Å². The van der Waals surface area contributed by atoms with Gasteiger partial charge in [-0.2, -0.15) is 4.68 Å². The third-order valence-corrected chi connectivity index (χ3v) is 4.54. The zero-order chi connectivity index (χ0) is 14.8. The minimum absolute atomic E-state index is 0.247. The van der Waals surface area contributed by atoms with Crippen LogP contribution < -0.4 is 0 Å². The van der Waals surface area contributed by atoms with Gasteiger partial charge in [-0.15, -0.1) is 5.10 Å². The fraction of sp³-hybridized carbons (Fsp3) is 0.375. The second kappa shape index (κ2) is 5.36. The van der Waals surface area contributed by atoms with Gasteiger partial charge in [0, 0.05) is 18.0 Å². The molecule has 0 radical (unpaired) electrons. The van der Waals surface area contributed by atoms with Gasteiger partial charge < -0.3 is 4.57 Å². The van der Waals surface area contributed by atoms with Crippen molar-refractivity contribution in [3.05, 3.63) is 49.1 Å². The summed E-state index contributed by atoms with van der Waals surface area (Å²) in [5.41, 5.74) is 0.793. The van der Waals surface area contributed by atoms with Gasteiger partial charge in [-0.25, -0.2) is 4.98 Å². The molecule has 0 bridgehead atoms. The van der Waals surface area contributed by atoms with E-state index in [2.05, 4.69) is 25.1 Å². The second-order valence-electron chi connectivity index (χ2n) is 5.79. The highest BCUT2D eigenvalue weighted by Crippen LogP contribution is 2.37. The maximum absolute atomic E-state index is 4.35. The van der Waals surface area contributed by atoms with Crippen molar-refractivity contribution in [2.75, 3.05) is 0 Å². The van der Waals surface area contributed by atoms with Crippen molar-refractivity contribution in [1.29, 1.82) is 0 Å². The lowest BCUT2D eigenvalue weighted by Crippen LogP contribution is -2.43. The van der Waals surface area contributed by atoms with Gasteiger partial charge >= 0.3 is 0 Å². The monoisotopic (exact) mass is 294 g/mol. The van der Waals surface area contributed by atoms with Gasteiger partial charge in [0.25, 0.3) is 0 Å². The first kappa shape index (κ1) is 13.2. The molecule has 0 amide bonds. The standard InChI is InChI=1S/C16H18N6/c1-3-7-14(8-4-1)15-18-19-20-22(15)16(9-5-2-6-10-16)21-12-11-17-13-21/h1,3-4,7-8,11-13H,2,5-6,9-10H2. The molecule has 1 fully saturated rings. The Balaban J connectivity index is 1.87. The zero-order valence-corrected chi connectivity index (χ0v) is 12.3. The van der Waals surface area contributed by atoms with E-state index in [1.807, 2.05) is 53.7 Å². The highest BCUT2D eigenvalue weighted by Gasteiger charge is 2.38. The summed E-state index contributed by atoms with van der Waals surface area (Å²) in [4.78, 5) is 4.24. The van der Waals surface area contributed by atoms with E-state index >= 15 is 0 Å². The Morgan fingerprint density at radius 2 is 1.82 bits per heavy atom. The fourth-order valence-electron chi connectivity index (χ4n) is 3.44. The first-order chi connectivity index (χ1) is 10.9. The molecule has 0 saturated heterocycles. The molecule has 4 rings (SSSR count). The number of nitrogens with zero attached hydrogens (tertiary/aromatic N) is 6. The smallest absolute Gasteiger partial charge is 0.184 e. The van der Waals surface area contributed by atoms with Gasteiger partial charge in [-0.1, -0.05) is 36.8 Å². The van der Waals surface area contributed by atoms with Crippen LogP contribution >= 0.6 is 0 Å². The molecule has 22 heavy (non-hydrogen) atoms. The van der Waals surface area contributed by atoms with Gasteiger partial charge in [0.2, 0.25) is 0 Å². The molecular formula is C16H18N6. The highest BCUT2D eigenvalue weighted by atomic mass is 15.6. The maximum atomic E-state index is 4.35. The summed E-state index contributed by atoms with van der Waals surface area (Å²) in [7, 11) is 0. The summed E-state index contributed by atoms with van der Waals surface area (Å²) < 4.78 is 4.15. The molecule has 1 aromatic carbocycles. The molecular weight excluding hydrogens is 276 g/mol. The van der Waals surface area contributed by atoms with E-state index < -0.39 is 0 Å². The minimum atomic E-state index is -0.247. The van der Waals surface area contributed by atoms with Crippen molar-refractivity contribution in [3.63, 3.8) is 0 Å². The molecule has 0 unspecified atom stereocenters. The van der Waals surface area contributed by atoms with Crippen molar-refractivity contribution < 1.29 is 0 Å². The second-order valence-corrected chi connectivity index (χ2v) is 5.79. The number of rotatable bonds is 3. The van der Waals surface area contributed by atoms with Crippen LogP contribution in [0.4, 0.5) is 0 Å². The summed E-state index contributed by atoms with van der Waals surface area (Å²) in [5.74, 6) is 0.816. The molecule has 1 saturated carbocycles. The van der Waals surface area contributed by atoms with E-state index in [4.69, 9.17) is 0 Å². The molecule has 0 N–H and O–H groups in total. The maximum Gasteiger partial charge on any atom is 0.184 e. The molecule has 0 atom stereocenters. The highest BCUT2D eigenvalue weighted by molar-refractivity contribution is 5.54. The summed E-state index contributed by atoms with van der Waals surface area (Å²) in [6.45, 7) is 0. The molecule has 0 spiro atoms. The van der Waals surface area contributed by atoms with Crippen LogP contribution in [-0.2, 0) is 5.66 Å². The quantitative estimate of drug-likeness (QED) is 0.745. The number of imidazole rings is 1. The summed E-state index contributed by atoms with van der Waals surface area (Å²) in [5, 5.41) is 12.6. The molecule has 6 heteroatoms. The van der Waals surface area contributed by atoms with E-state index in [0.717, 1.165) is 24.2 Å². The van der Waals surface area contributed by atoms with Crippen molar-refractivity contribution in [2.24, 2.45) is 0 Å². The van der Waals surface area contributed by atoms with E-state index in [0.29, 0.717) is 0 Å². The van der Waals surface area contributed by atoms with Crippen molar-refractivity contribution in [3.8, 4) is 11.4 Å². The Labute approximate surface area is 128 Å². The average molecular weight is 294 g/mol. The zero-order valence-electron chi connectivity index (χ0n) is 12.3. The summed E-state index contributed by atoms with van der Waals surface area (Å²) >= 11 is 0. The number of aromatic nitrogens is 6. The predicted molar refractivity (Wildman–Crippen MR) is 81.9 cm³/mol. The van der Waals surface area contributed by atoms with Crippen LogP contribution in [0.1, 0.15) is 32.1 Å². The van der Waals surface area contributed by atoms with E-state index in [-0.39, 0.29) is 5.66 Å². The van der Waals surface area contributed by atoms with Crippen LogP contribution in [0.25, 0.3) is 11.4 Å². The lowest BCUT2D eigenvalue weighted by atomic mass is 9.88. The van der Waals surface area contributed by atoms with Crippen LogP contribution in [0.2, 0.25) is 0 Å². The van der Waals surface area contributed by atoms with Gasteiger partial charge in [0.15, 0.2) is 5.82 Å². The number of hydrogen-bond acceptors (Lipinski definition) is 4. The average Bonchev–Trinajstić information content (AvgIpc) is 3.28.